The molecule has 4 atom stereocenters. The fraction of sp³-hybridized carbons (Fsp3) is 0.500. The molecule has 4 aliphatic rings. The van der Waals surface area contributed by atoms with E-state index < -0.39 is 0 Å². The Kier molecular flexibility index (Phi) is 6.21. The maximum Gasteiger partial charge on any atom is 0.0984 e. The molecule has 0 spiro atoms. The summed E-state index contributed by atoms with van der Waals surface area (Å²) in [5.41, 5.74) is 6.75. The number of rotatable bonds is 12. The van der Waals surface area contributed by atoms with Crippen molar-refractivity contribution in [2.75, 3.05) is 44.4 Å². The topological polar surface area (TPSA) is 50.1 Å². The third-order valence-corrected chi connectivity index (χ3v) is 6.86. The summed E-state index contributed by atoms with van der Waals surface area (Å²) >= 11 is 0. The van der Waals surface area contributed by atoms with Crippen molar-refractivity contribution in [3.8, 4) is 0 Å². The molecule has 174 valence electrons. The van der Waals surface area contributed by atoms with E-state index >= 15 is 0 Å². The van der Waals surface area contributed by atoms with Crippen molar-refractivity contribution in [2.24, 2.45) is 0 Å². The molecule has 4 heterocycles. The molecule has 4 saturated heterocycles. The Morgan fingerprint density at radius 1 is 0.758 bits per heavy atom. The van der Waals surface area contributed by atoms with E-state index in [4.69, 9.17) is 18.9 Å². The van der Waals surface area contributed by atoms with Gasteiger partial charge < -0.3 is 23.8 Å². The SMILES string of the molecule is C(=C(Cc1ccc(Cc2ccc(N(CC3CO3)CC3CO3)cc2)cc1)CC1CO1)C1CCO1. The van der Waals surface area contributed by atoms with E-state index in [1.807, 2.05) is 0 Å². The van der Waals surface area contributed by atoms with Crippen molar-refractivity contribution >= 4 is 5.69 Å². The maximum absolute atomic E-state index is 5.62. The van der Waals surface area contributed by atoms with Gasteiger partial charge in [-0.15, -0.1) is 0 Å². The predicted molar refractivity (Wildman–Crippen MR) is 128 cm³/mol. The molecule has 5 nitrogen and oxygen atoms in total. The zero-order valence-electron chi connectivity index (χ0n) is 19.2. The van der Waals surface area contributed by atoms with Crippen LogP contribution in [0.3, 0.4) is 0 Å². The Morgan fingerprint density at radius 2 is 1.30 bits per heavy atom. The third-order valence-electron chi connectivity index (χ3n) is 6.86. The third kappa shape index (κ3) is 6.24. The molecular formula is C28H33NO4. The van der Waals surface area contributed by atoms with E-state index in [0.717, 1.165) is 65.2 Å². The molecule has 5 heteroatoms. The van der Waals surface area contributed by atoms with Gasteiger partial charge in [0.05, 0.1) is 50.8 Å². The fourth-order valence-electron chi connectivity index (χ4n) is 4.55. The van der Waals surface area contributed by atoms with Gasteiger partial charge in [-0.25, -0.2) is 0 Å². The molecule has 4 aliphatic heterocycles. The van der Waals surface area contributed by atoms with Gasteiger partial charge in [0, 0.05) is 25.2 Å². The van der Waals surface area contributed by atoms with Crippen molar-refractivity contribution in [3.05, 3.63) is 76.9 Å². The molecule has 4 unspecified atom stereocenters. The van der Waals surface area contributed by atoms with Crippen LogP contribution in [0.15, 0.2) is 60.2 Å². The minimum atomic E-state index is 0.311. The fourth-order valence-corrected chi connectivity index (χ4v) is 4.55. The van der Waals surface area contributed by atoms with Crippen LogP contribution in [0.4, 0.5) is 5.69 Å². The molecule has 0 N–H and O–H groups in total. The monoisotopic (exact) mass is 447 g/mol. The summed E-state index contributed by atoms with van der Waals surface area (Å²) in [6.07, 6.45) is 7.94. The van der Waals surface area contributed by atoms with Gasteiger partial charge in [-0.1, -0.05) is 48.0 Å². The number of ether oxygens (including phenoxy) is 4. The summed E-state index contributed by atoms with van der Waals surface area (Å²) in [4.78, 5) is 2.40. The van der Waals surface area contributed by atoms with E-state index in [1.165, 1.54) is 28.0 Å². The van der Waals surface area contributed by atoms with Gasteiger partial charge in [0.15, 0.2) is 0 Å². The van der Waals surface area contributed by atoms with Crippen LogP contribution in [0.2, 0.25) is 0 Å². The standard InChI is InChI=1S/C28H33NO4/c1-3-21(12-23(14-26-17-31-26)13-25-9-10-30-25)4-2-20(1)11-22-5-7-24(8-6-22)29(15-27-18-32-27)16-28-19-33-28/h1-8,13,25-28H,9-12,14-19H2. The zero-order valence-corrected chi connectivity index (χ0v) is 19.2. The highest BCUT2D eigenvalue weighted by atomic mass is 16.6. The van der Waals surface area contributed by atoms with Crippen LogP contribution in [-0.4, -0.2) is 63.9 Å². The molecule has 0 amide bonds. The van der Waals surface area contributed by atoms with Crippen LogP contribution in [0.25, 0.3) is 0 Å². The quantitative estimate of drug-likeness (QED) is 0.365. The number of hydrogen-bond acceptors (Lipinski definition) is 5. The highest BCUT2D eigenvalue weighted by molar-refractivity contribution is 5.49. The molecule has 0 aromatic heterocycles. The second kappa shape index (κ2) is 9.59. The predicted octanol–water partition coefficient (Wildman–Crippen LogP) is 3.93. The van der Waals surface area contributed by atoms with E-state index in [1.54, 1.807) is 0 Å². The smallest absolute Gasteiger partial charge is 0.0984 e. The molecule has 0 saturated carbocycles. The first-order chi connectivity index (χ1) is 16.3. The summed E-state index contributed by atoms with van der Waals surface area (Å²) in [6, 6.07) is 18.1. The van der Waals surface area contributed by atoms with Crippen molar-refractivity contribution in [3.63, 3.8) is 0 Å². The van der Waals surface area contributed by atoms with Crippen molar-refractivity contribution in [2.45, 2.75) is 50.1 Å². The first kappa shape index (κ1) is 21.4. The van der Waals surface area contributed by atoms with E-state index in [2.05, 4.69) is 59.5 Å². The summed E-state index contributed by atoms with van der Waals surface area (Å²) < 4.78 is 22.0. The first-order valence-corrected chi connectivity index (χ1v) is 12.3. The van der Waals surface area contributed by atoms with Gasteiger partial charge in [0.1, 0.15) is 0 Å². The summed E-state index contributed by atoms with van der Waals surface area (Å²) in [5.74, 6) is 0. The highest BCUT2D eigenvalue weighted by Gasteiger charge is 2.31. The zero-order chi connectivity index (χ0) is 22.0. The highest BCUT2D eigenvalue weighted by Crippen LogP contribution is 2.26. The largest absolute Gasteiger partial charge is 0.374 e. The van der Waals surface area contributed by atoms with Crippen molar-refractivity contribution < 1.29 is 18.9 Å². The first-order valence-electron chi connectivity index (χ1n) is 12.3. The average molecular weight is 448 g/mol. The van der Waals surface area contributed by atoms with Gasteiger partial charge in [0.25, 0.3) is 0 Å². The lowest BCUT2D eigenvalue weighted by Crippen LogP contribution is -2.31. The second-order valence-corrected chi connectivity index (χ2v) is 9.83. The number of hydrogen-bond donors (Lipinski definition) is 0. The van der Waals surface area contributed by atoms with E-state index in [0.29, 0.717) is 24.4 Å². The molecule has 0 radical (unpaired) electrons. The molecule has 0 aliphatic carbocycles. The van der Waals surface area contributed by atoms with Crippen LogP contribution < -0.4 is 4.90 Å². The van der Waals surface area contributed by atoms with Crippen molar-refractivity contribution in [1.29, 1.82) is 0 Å². The minimum absolute atomic E-state index is 0.311. The second-order valence-electron chi connectivity index (χ2n) is 9.83. The number of nitrogens with zero attached hydrogens (tertiary/aromatic N) is 1. The van der Waals surface area contributed by atoms with Crippen molar-refractivity contribution in [1.82, 2.24) is 0 Å². The lowest BCUT2D eigenvalue weighted by Gasteiger charge is -2.24. The van der Waals surface area contributed by atoms with Gasteiger partial charge in [0.2, 0.25) is 0 Å². The molecule has 2 aromatic carbocycles. The number of epoxide rings is 3. The Labute approximate surface area is 196 Å². The Balaban J connectivity index is 1.06. The van der Waals surface area contributed by atoms with Gasteiger partial charge in [-0.05, 0) is 48.1 Å². The molecule has 33 heavy (non-hydrogen) atoms. The van der Waals surface area contributed by atoms with Crippen LogP contribution >= 0.6 is 0 Å². The normalized spacial score (nSPS) is 27.7. The molecule has 2 aromatic rings. The molecule has 4 fully saturated rings. The molecule has 0 bridgehead atoms. The lowest BCUT2D eigenvalue weighted by molar-refractivity contribution is -0.0191. The van der Waals surface area contributed by atoms with Crippen LogP contribution in [-0.2, 0) is 31.8 Å². The molecule has 6 rings (SSSR count). The van der Waals surface area contributed by atoms with E-state index in [-0.39, 0.29) is 0 Å². The summed E-state index contributed by atoms with van der Waals surface area (Å²) in [7, 11) is 0. The number of benzene rings is 2. The van der Waals surface area contributed by atoms with Gasteiger partial charge in [-0.3, -0.25) is 0 Å². The van der Waals surface area contributed by atoms with Gasteiger partial charge >= 0.3 is 0 Å². The Bertz CT molecular complexity index is 940. The van der Waals surface area contributed by atoms with Gasteiger partial charge in [-0.2, -0.15) is 0 Å². The van der Waals surface area contributed by atoms with Crippen LogP contribution in [0, 0.1) is 0 Å². The Hall–Kier alpha value is -2.18. The lowest BCUT2D eigenvalue weighted by atomic mass is 9.96. The van der Waals surface area contributed by atoms with Crippen LogP contribution in [0.5, 0.6) is 0 Å². The molecular weight excluding hydrogens is 414 g/mol. The minimum Gasteiger partial charge on any atom is -0.374 e. The average Bonchev–Trinajstić information content (AvgIpc) is 3.64. The number of anilines is 1. The maximum atomic E-state index is 5.62. The Morgan fingerprint density at radius 3 is 1.82 bits per heavy atom. The van der Waals surface area contributed by atoms with Crippen LogP contribution in [0.1, 0.15) is 29.5 Å². The van der Waals surface area contributed by atoms with E-state index in [9.17, 15) is 0 Å². The summed E-state index contributed by atoms with van der Waals surface area (Å²) in [5, 5.41) is 0. The summed E-state index contributed by atoms with van der Waals surface area (Å²) in [6.45, 7) is 5.48.